The summed E-state index contributed by atoms with van der Waals surface area (Å²) in [7, 11) is 1.71. The first-order valence-corrected chi connectivity index (χ1v) is 7.03. The van der Waals surface area contributed by atoms with Gasteiger partial charge in [-0.25, -0.2) is 0 Å². The molecule has 0 radical (unpaired) electrons. The number of nitrogens with one attached hydrogen (secondary N) is 1. The van der Waals surface area contributed by atoms with Crippen LogP contribution in [0.4, 0.5) is 0 Å². The first-order valence-electron chi connectivity index (χ1n) is 6.15. The van der Waals surface area contributed by atoms with Crippen molar-refractivity contribution in [2.45, 2.75) is 31.6 Å². The molecule has 0 aromatic heterocycles. The van der Waals surface area contributed by atoms with Crippen molar-refractivity contribution >= 4 is 16.9 Å². The van der Waals surface area contributed by atoms with Crippen LogP contribution < -0.4 is 10.1 Å². The SMILES string of the molecule is COc1ccccc1C(C)(C)NC1=NCC(C)S1. The third kappa shape index (κ3) is 2.80. The molecule has 18 heavy (non-hydrogen) atoms. The Hall–Kier alpha value is -1.16. The molecule has 1 aliphatic rings. The molecule has 0 bridgehead atoms. The number of benzene rings is 1. The maximum absolute atomic E-state index is 5.43. The molecule has 1 heterocycles. The summed E-state index contributed by atoms with van der Waals surface area (Å²) in [5, 5.41) is 5.11. The predicted octanol–water partition coefficient (Wildman–Crippen LogP) is 3.01. The number of ether oxygens (including phenoxy) is 1. The fourth-order valence-electron chi connectivity index (χ4n) is 2.04. The predicted molar refractivity (Wildman–Crippen MR) is 78.5 cm³/mol. The van der Waals surface area contributed by atoms with Crippen molar-refractivity contribution in [1.29, 1.82) is 0 Å². The summed E-state index contributed by atoms with van der Waals surface area (Å²) in [6, 6.07) is 8.11. The number of amidine groups is 1. The van der Waals surface area contributed by atoms with E-state index in [1.807, 2.05) is 18.2 Å². The molecule has 0 amide bonds. The van der Waals surface area contributed by atoms with Crippen LogP contribution in [0.5, 0.6) is 5.75 Å². The van der Waals surface area contributed by atoms with Gasteiger partial charge in [0.05, 0.1) is 19.2 Å². The topological polar surface area (TPSA) is 33.6 Å². The Morgan fingerprint density at radius 3 is 2.72 bits per heavy atom. The molecular formula is C14H20N2OS. The lowest BCUT2D eigenvalue weighted by atomic mass is 9.93. The summed E-state index contributed by atoms with van der Waals surface area (Å²) in [5.41, 5.74) is 0.957. The zero-order valence-electron chi connectivity index (χ0n) is 11.4. The lowest BCUT2D eigenvalue weighted by molar-refractivity contribution is 0.386. The van der Waals surface area contributed by atoms with Gasteiger partial charge in [0, 0.05) is 10.8 Å². The lowest BCUT2D eigenvalue weighted by Crippen LogP contribution is -2.39. The van der Waals surface area contributed by atoms with Crippen LogP contribution in [0.2, 0.25) is 0 Å². The summed E-state index contributed by atoms with van der Waals surface area (Å²) in [4.78, 5) is 4.51. The number of aliphatic imine (C=N–C) groups is 1. The van der Waals surface area contributed by atoms with E-state index in [0.29, 0.717) is 5.25 Å². The Morgan fingerprint density at radius 1 is 1.39 bits per heavy atom. The zero-order valence-corrected chi connectivity index (χ0v) is 12.2. The molecule has 1 unspecified atom stereocenters. The van der Waals surface area contributed by atoms with Crippen molar-refractivity contribution in [3.05, 3.63) is 29.8 Å². The molecule has 2 rings (SSSR count). The molecule has 1 aromatic carbocycles. The van der Waals surface area contributed by atoms with E-state index < -0.39 is 0 Å². The minimum atomic E-state index is -0.192. The highest BCUT2D eigenvalue weighted by Gasteiger charge is 2.27. The molecule has 0 fully saturated rings. The molecule has 0 aliphatic carbocycles. The molecule has 1 atom stereocenters. The minimum Gasteiger partial charge on any atom is -0.496 e. The molecule has 98 valence electrons. The molecule has 1 N–H and O–H groups in total. The summed E-state index contributed by atoms with van der Waals surface area (Å²) in [6.45, 7) is 7.39. The van der Waals surface area contributed by atoms with Crippen molar-refractivity contribution in [3.8, 4) is 5.75 Å². The highest BCUT2D eigenvalue weighted by Crippen LogP contribution is 2.31. The van der Waals surface area contributed by atoms with Gasteiger partial charge < -0.3 is 10.1 Å². The minimum absolute atomic E-state index is 0.192. The van der Waals surface area contributed by atoms with Crippen molar-refractivity contribution in [3.63, 3.8) is 0 Å². The second-order valence-electron chi connectivity index (χ2n) is 5.02. The molecule has 0 saturated heterocycles. The van der Waals surface area contributed by atoms with Crippen LogP contribution in [0.15, 0.2) is 29.3 Å². The standard InChI is InChI=1S/C14H20N2OS/c1-10-9-15-13(18-10)16-14(2,3)11-7-5-6-8-12(11)17-4/h5-8,10H,9H2,1-4H3,(H,15,16). The zero-order chi connectivity index (χ0) is 13.2. The summed E-state index contributed by atoms with van der Waals surface area (Å²) in [5.74, 6) is 0.909. The Labute approximate surface area is 113 Å². The van der Waals surface area contributed by atoms with Gasteiger partial charge in [-0.1, -0.05) is 36.9 Å². The van der Waals surface area contributed by atoms with Gasteiger partial charge in [-0.05, 0) is 19.9 Å². The highest BCUT2D eigenvalue weighted by atomic mass is 32.2. The van der Waals surface area contributed by atoms with E-state index in [0.717, 1.165) is 23.0 Å². The Bertz CT molecular complexity index is 457. The summed E-state index contributed by atoms with van der Waals surface area (Å²) < 4.78 is 5.43. The number of hydrogen-bond donors (Lipinski definition) is 1. The molecule has 4 heteroatoms. The maximum Gasteiger partial charge on any atom is 0.157 e. The fraction of sp³-hybridized carbons (Fsp3) is 0.500. The number of rotatable bonds is 3. The third-order valence-corrected chi connectivity index (χ3v) is 4.01. The van der Waals surface area contributed by atoms with E-state index in [1.165, 1.54) is 0 Å². The molecule has 1 aromatic rings. The average molecular weight is 264 g/mol. The number of nitrogens with zero attached hydrogens (tertiary/aromatic N) is 1. The van der Waals surface area contributed by atoms with Crippen LogP contribution in [0.1, 0.15) is 26.3 Å². The van der Waals surface area contributed by atoms with Gasteiger partial charge in [0.1, 0.15) is 5.75 Å². The van der Waals surface area contributed by atoms with Crippen LogP contribution in [0, 0.1) is 0 Å². The monoisotopic (exact) mass is 264 g/mol. The molecule has 1 aliphatic heterocycles. The number of methoxy groups -OCH3 is 1. The Morgan fingerprint density at radius 2 is 2.11 bits per heavy atom. The third-order valence-electron chi connectivity index (χ3n) is 3.00. The van der Waals surface area contributed by atoms with Crippen molar-refractivity contribution in [2.24, 2.45) is 4.99 Å². The smallest absolute Gasteiger partial charge is 0.157 e. The van der Waals surface area contributed by atoms with Crippen LogP contribution in [0.25, 0.3) is 0 Å². The number of para-hydroxylation sites is 1. The van der Waals surface area contributed by atoms with E-state index in [1.54, 1.807) is 18.9 Å². The van der Waals surface area contributed by atoms with Gasteiger partial charge in [0.15, 0.2) is 5.17 Å². The van der Waals surface area contributed by atoms with Gasteiger partial charge in [0.2, 0.25) is 0 Å². The first-order chi connectivity index (χ1) is 8.53. The fourth-order valence-corrected chi connectivity index (χ4v) is 3.03. The van der Waals surface area contributed by atoms with Gasteiger partial charge in [-0.15, -0.1) is 0 Å². The largest absolute Gasteiger partial charge is 0.496 e. The highest BCUT2D eigenvalue weighted by molar-refractivity contribution is 8.14. The normalized spacial score (nSPS) is 19.6. The number of hydrogen-bond acceptors (Lipinski definition) is 4. The molecule has 3 nitrogen and oxygen atoms in total. The van der Waals surface area contributed by atoms with Gasteiger partial charge in [-0.3, -0.25) is 4.99 Å². The van der Waals surface area contributed by atoms with Crippen LogP contribution in [-0.4, -0.2) is 24.1 Å². The maximum atomic E-state index is 5.43. The van der Waals surface area contributed by atoms with Crippen molar-refractivity contribution in [1.82, 2.24) is 5.32 Å². The van der Waals surface area contributed by atoms with Gasteiger partial charge in [-0.2, -0.15) is 0 Å². The summed E-state index contributed by atoms with van der Waals surface area (Å²) in [6.07, 6.45) is 0. The molecule has 0 saturated carbocycles. The van der Waals surface area contributed by atoms with E-state index in [2.05, 4.69) is 37.1 Å². The average Bonchev–Trinajstić information content (AvgIpc) is 2.74. The molecule has 0 spiro atoms. The van der Waals surface area contributed by atoms with Crippen molar-refractivity contribution < 1.29 is 4.74 Å². The van der Waals surface area contributed by atoms with Gasteiger partial charge >= 0.3 is 0 Å². The van der Waals surface area contributed by atoms with Gasteiger partial charge in [0.25, 0.3) is 0 Å². The Kier molecular flexibility index (Phi) is 3.85. The van der Waals surface area contributed by atoms with E-state index in [-0.39, 0.29) is 5.54 Å². The molecular weight excluding hydrogens is 244 g/mol. The lowest BCUT2D eigenvalue weighted by Gasteiger charge is -2.29. The second-order valence-corrected chi connectivity index (χ2v) is 6.45. The van der Waals surface area contributed by atoms with E-state index in [9.17, 15) is 0 Å². The van der Waals surface area contributed by atoms with Crippen LogP contribution in [0.3, 0.4) is 0 Å². The van der Waals surface area contributed by atoms with Crippen molar-refractivity contribution in [2.75, 3.05) is 13.7 Å². The summed E-state index contributed by atoms with van der Waals surface area (Å²) >= 11 is 1.80. The second kappa shape index (κ2) is 5.22. The quantitative estimate of drug-likeness (QED) is 0.911. The van der Waals surface area contributed by atoms with E-state index in [4.69, 9.17) is 4.74 Å². The Balaban J connectivity index is 2.19. The van der Waals surface area contributed by atoms with E-state index >= 15 is 0 Å². The first kappa shape index (κ1) is 13.3. The van der Waals surface area contributed by atoms with Crippen LogP contribution in [-0.2, 0) is 5.54 Å². The number of thioether (sulfide) groups is 1. The van der Waals surface area contributed by atoms with Crippen LogP contribution >= 0.6 is 11.8 Å².